The number of aryl methyl sites for hydroxylation is 1. The summed E-state index contributed by atoms with van der Waals surface area (Å²) in [6, 6.07) is 11.1. The van der Waals surface area contributed by atoms with Crippen molar-refractivity contribution in [3.8, 4) is 11.3 Å². The van der Waals surface area contributed by atoms with Crippen LogP contribution in [0, 0.1) is 6.92 Å². The van der Waals surface area contributed by atoms with Crippen LogP contribution in [0.3, 0.4) is 0 Å². The third kappa shape index (κ3) is 3.04. The molecule has 8 heteroatoms. The molecule has 146 valence electrons. The third-order valence-electron chi connectivity index (χ3n) is 5.45. The molecule has 5 rings (SSSR count). The Bertz CT molecular complexity index is 941. The maximum Gasteiger partial charge on any atom is 0.181 e. The number of nitrogens with zero attached hydrogens (tertiary/aromatic N) is 3. The zero-order valence-electron chi connectivity index (χ0n) is 15.4. The van der Waals surface area contributed by atoms with Crippen molar-refractivity contribution in [2.24, 2.45) is 0 Å². The number of rotatable bonds is 5. The van der Waals surface area contributed by atoms with Crippen LogP contribution in [0.25, 0.3) is 11.3 Å². The first-order chi connectivity index (χ1) is 13.7. The van der Waals surface area contributed by atoms with Gasteiger partial charge in [0.05, 0.1) is 25.3 Å². The Morgan fingerprint density at radius 3 is 2.93 bits per heavy atom. The molecule has 0 aliphatic carbocycles. The van der Waals surface area contributed by atoms with Crippen molar-refractivity contribution in [1.29, 1.82) is 0 Å². The van der Waals surface area contributed by atoms with Gasteiger partial charge in [-0.1, -0.05) is 35.5 Å². The SMILES string of the molecule is Cc1nccn1C1C2OCC(O2)C(NCc2cc(-c3ccccc3)no2)C1O. The zero-order valence-corrected chi connectivity index (χ0v) is 15.4. The number of imidazole rings is 1. The van der Waals surface area contributed by atoms with Crippen LogP contribution in [0.2, 0.25) is 0 Å². The Hall–Kier alpha value is -2.52. The van der Waals surface area contributed by atoms with Crippen molar-refractivity contribution in [1.82, 2.24) is 20.0 Å². The van der Waals surface area contributed by atoms with Gasteiger partial charge in [0.1, 0.15) is 23.7 Å². The number of benzene rings is 1. The second-order valence-electron chi connectivity index (χ2n) is 7.19. The average molecular weight is 382 g/mol. The van der Waals surface area contributed by atoms with Crippen molar-refractivity contribution in [3.63, 3.8) is 0 Å². The molecule has 1 aromatic carbocycles. The molecule has 8 nitrogen and oxygen atoms in total. The van der Waals surface area contributed by atoms with Gasteiger partial charge in [-0.05, 0) is 6.92 Å². The Morgan fingerprint density at radius 1 is 1.29 bits per heavy atom. The highest BCUT2D eigenvalue weighted by Crippen LogP contribution is 2.36. The molecule has 2 N–H and O–H groups in total. The van der Waals surface area contributed by atoms with E-state index in [1.54, 1.807) is 6.20 Å². The van der Waals surface area contributed by atoms with E-state index in [9.17, 15) is 5.11 Å². The summed E-state index contributed by atoms with van der Waals surface area (Å²) in [4.78, 5) is 4.26. The Kier molecular flexibility index (Phi) is 4.48. The van der Waals surface area contributed by atoms with Crippen LogP contribution < -0.4 is 5.32 Å². The van der Waals surface area contributed by atoms with Gasteiger partial charge in [0.15, 0.2) is 12.1 Å². The quantitative estimate of drug-likeness (QED) is 0.693. The lowest BCUT2D eigenvalue weighted by Crippen LogP contribution is -2.57. The number of aliphatic hydroxyl groups excluding tert-OH is 1. The zero-order chi connectivity index (χ0) is 19.1. The fraction of sp³-hybridized carbons (Fsp3) is 0.400. The highest BCUT2D eigenvalue weighted by molar-refractivity contribution is 5.58. The molecule has 3 aromatic rings. The summed E-state index contributed by atoms with van der Waals surface area (Å²) >= 11 is 0. The molecular formula is C20H22N4O4. The van der Waals surface area contributed by atoms with Gasteiger partial charge in [-0.25, -0.2) is 4.98 Å². The molecule has 2 saturated heterocycles. The highest BCUT2D eigenvalue weighted by atomic mass is 16.7. The van der Waals surface area contributed by atoms with Gasteiger partial charge in [0, 0.05) is 24.0 Å². The van der Waals surface area contributed by atoms with Crippen LogP contribution in [-0.2, 0) is 16.0 Å². The standard InChI is InChI=1S/C20H22N4O4/c1-12-21-7-8-24(12)18-19(25)17(16-11-26-20(18)27-16)22-10-14-9-15(23-28-14)13-5-3-2-4-6-13/h2-9,16-20,22,25H,10-11H2,1H3. The number of hydrogen-bond acceptors (Lipinski definition) is 7. The van der Waals surface area contributed by atoms with Crippen LogP contribution in [0.5, 0.6) is 0 Å². The maximum atomic E-state index is 11.0. The largest absolute Gasteiger partial charge is 0.389 e. The van der Waals surface area contributed by atoms with Crippen LogP contribution in [-0.4, -0.2) is 51.0 Å². The van der Waals surface area contributed by atoms with Gasteiger partial charge in [-0.2, -0.15) is 0 Å². The molecule has 0 spiro atoms. The Morgan fingerprint density at radius 2 is 2.14 bits per heavy atom. The number of ether oxygens (including phenoxy) is 2. The van der Waals surface area contributed by atoms with E-state index >= 15 is 0 Å². The van der Waals surface area contributed by atoms with Gasteiger partial charge < -0.3 is 29.0 Å². The molecule has 0 amide bonds. The first-order valence-corrected chi connectivity index (χ1v) is 9.39. The number of nitrogens with one attached hydrogen (secondary N) is 1. The molecule has 2 aliphatic heterocycles. The van der Waals surface area contributed by atoms with Gasteiger partial charge >= 0.3 is 0 Å². The molecule has 4 heterocycles. The van der Waals surface area contributed by atoms with Gasteiger partial charge in [-0.3, -0.25) is 0 Å². The van der Waals surface area contributed by atoms with Crippen LogP contribution in [0.15, 0.2) is 53.3 Å². The molecule has 0 saturated carbocycles. The van der Waals surface area contributed by atoms with Crippen LogP contribution in [0.4, 0.5) is 0 Å². The predicted molar refractivity (Wildman–Crippen MR) is 99.2 cm³/mol. The summed E-state index contributed by atoms with van der Waals surface area (Å²) < 4.78 is 19.1. The summed E-state index contributed by atoms with van der Waals surface area (Å²) in [6.45, 7) is 2.77. The van der Waals surface area contributed by atoms with Crippen LogP contribution >= 0.6 is 0 Å². The first-order valence-electron chi connectivity index (χ1n) is 9.39. The van der Waals surface area contributed by atoms with Crippen molar-refractivity contribution >= 4 is 0 Å². The van der Waals surface area contributed by atoms with E-state index in [1.807, 2.05) is 54.1 Å². The van der Waals surface area contributed by atoms with E-state index in [-0.39, 0.29) is 18.2 Å². The molecular weight excluding hydrogens is 360 g/mol. The fourth-order valence-corrected chi connectivity index (χ4v) is 4.01. The highest BCUT2D eigenvalue weighted by Gasteiger charge is 2.51. The fourth-order valence-electron chi connectivity index (χ4n) is 4.01. The summed E-state index contributed by atoms with van der Waals surface area (Å²) in [6.07, 6.45) is 2.19. The average Bonchev–Trinajstić information content (AvgIpc) is 3.45. The summed E-state index contributed by atoms with van der Waals surface area (Å²) in [7, 11) is 0. The van der Waals surface area contributed by atoms with E-state index in [2.05, 4.69) is 15.5 Å². The molecule has 2 aliphatic rings. The lowest BCUT2D eigenvalue weighted by atomic mass is 9.95. The van der Waals surface area contributed by atoms with E-state index in [0.29, 0.717) is 18.9 Å². The molecule has 0 radical (unpaired) electrons. The van der Waals surface area contributed by atoms with Gasteiger partial charge in [0.25, 0.3) is 0 Å². The lowest BCUT2D eigenvalue weighted by Gasteiger charge is -2.39. The third-order valence-corrected chi connectivity index (χ3v) is 5.45. The second-order valence-corrected chi connectivity index (χ2v) is 7.19. The van der Waals surface area contributed by atoms with E-state index in [1.165, 1.54) is 0 Å². The van der Waals surface area contributed by atoms with Gasteiger partial charge in [-0.15, -0.1) is 0 Å². The summed E-state index contributed by atoms with van der Waals surface area (Å²) in [5.74, 6) is 1.51. The van der Waals surface area contributed by atoms with Crippen molar-refractivity contribution in [2.45, 2.75) is 44.1 Å². The predicted octanol–water partition coefficient (Wildman–Crippen LogP) is 1.66. The number of aliphatic hydroxyl groups is 1. The Labute approximate surface area is 162 Å². The van der Waals surface area contributed by atoms with E-state index < -0.39 is 12.4 Å². The van der Waals surface area contributed by atoms with Crippen LogP contribution in [0.1, 0.15) is 17.6 Å². The topological polar surface area (TPSA) is 94.6 Å². The molecule has 28 heavy (non-hydrogen) atoms. The smallest absolute Gasteiger partial charge is 0.181 e. The molecule has 5 atom stereocenters. The molecule has 2 aromatic heterocycles. The van der Waals surface area contributed by atoms with Gasteiger partial charge in [0.2, 0.25) is 0 Å². The van der Waals surface area contributed by atoms with Crippen molar-refractivity contribution < 1.29 is 19.1 Å². The minimum atomic E-state index is -0.685. The maximum absolute atomic E-state index is 11.0. The molecule has 2 bridgehead atoms. The van der Waals surface area contributed by atoms with Crippen molar-refractivity contribution in [3.05, 3.63) is 60.4 Å². The molecule has 5 unspecified atom stereocenters. The van der Waals surface area contributed by atoms with E-state index in [0.717, 1.165) is 17.1 Å². The number of fused-ring (bicyclic) bond motifs is 2. The minimum Gasteiger partial charge on any atom is -0.389 e. The normalized spacial score (nSPS) is 29.3. The summed E-state index contributed by atoms with van der Waals surface area (Å²) in [5.41, 5.74) is 1.79. The first kappa shape index (κ1) is 17.6. The number of aromatic nitrogens is 3. The summed E-state index contributed by atoms with van der Waals surface area (Å²) in [5, 5.41) is 18.6. The second kappa shape index (κ2) is 7.14. The Balaban J connectivity index is 1.31. The lowest BCUT2D eigenvalue weighted by molar-refractivity contribution is -0.166. The van der Waals surface area contributed by atoms with Crippen molar-refractivity contribution in [2.75, 3.05) is 6.61 Å². The number of hydrogen-bond donors (Lipinski definition) is 2. The monoisotopic (exact) mass is 382 g/mol. The molecule has 2 fully saturated rings. The minimum absolute atomic E-state index is 0.211. The van der Waals surface area contributed by atoms with E-state index in [4.69, 9.17) is 14.0 Å².